The number of H-pyrrole nitrogens is 1. The number of nitrogens with one attached hydrogen (secondary N) is 2. The predicted octanol–water partition coefficient (Wildman–Crippen LogP) is 4.69. The zero-order valence-electron chi connectivity index (χ0n) is 14.1. The number of carbonyl (C=O) groups excluding carboxylic acids is 1. The van der Waals surface area contributed by atoms with Crippen molar-refractivity contribution < 1.29 is 22.7 Å². The molecule has 1 aliphatic rings. The number of rotatable bonds is 3. The van der Waals surface area contributed by atoms with E-state index < -0.39 is 17.6 Å². The Morgan fingerprint density at radius 1 is 1.22 bits per heavy atom. The summed E-state index contributed by atoms with van der Waals surface area (Å²) in [4.78, 5) is 20.0. The number of alkyl halides is 3. The molecule has 5 nitrogen and oxygen atoms in total. The first-order chi connectivity index (χ1) is 12.9. The molecule has 0 aliphatic carbocycles. The number of halogens is 3. The number of aromatic nitrogens is 2. The van der Waals surface area contributed by atoms with Crippen LogP contribution in [0.25, 0.3) is 11.0 Å². The van der Waals surface area contributed by atoms with Gasteiger partial charge in [-0.2, -0.15) is 13.2 Å². The molecule has 2 N–H and O–H groups in total. The van der Waals surface area contributed by atoms with E-state index in [0.29, 0.717) is 12.3 Å². The fraction of sp³-hybridized carbons (Fsp3) is 0.263. The standard InChI is InChI=1S/C19H16F3N3O2/c20-19(21,22)12-4-1-3-11(9-12)18(26)23-13-6-7-14-15(10-13)25-17(24-14)16-5-2-8-27-16/h1,3-4,6-7,9-10,16H,2,5,8H2,(H,23,26)(H,24,25). The molecule has 0 saturated carbocycles. The SMILES string of the molecule is O=C(Nc1ccc2nc(C3CCCO3)[nH]c2c1)c1cccc(C(F)(F)F)c1. The predicted molar refractivity (Wildman–Crippen MR) is 93.4 cm³/mol. The van der Waals surface area contributed by atoms with Crippen LogP contribution < -0.4 is 5.32 Å². The molecule has 1 fully saturated rings. The zero-order chi connectivity index (χ0) is 19.0. The summed E-state index contributed by atoms with van der Waals surface area (Å²) in [6.45, 7) is 0.708. The molecule has 0 spiro atoms. The summed E-state index contributed by atoms with van der Waals surface area (Å²) in [5.41, 5.74) is 1.00. The van der Waals surface area contributed by atoms with Gasteiger partial charge in [-0.3, -0.25) is 4.79 Å². The third-order valence-corrected chi connectivity index (χ3v) is 4.44. The lowest BCUT2D eigenvalue weighted by atomic mass is 10.1. The Labute approximate surface area is 152 Å². The highest BCUT2D eigenvalue weighted by molar-refractivity contribution is 6.05. The molecule has 8 heteroatoms. The first kappa shape index (κ1) is 17.5. The second-order valence-electron chi connectivity index (χ2n) is 6.39. The molecule has 0 bridgehead atoms. The number of hydrogen-bond acceptors (Lipinski definition) is 3. The van der Waals surface area contributed by atoms with Crippen molar-refractivity contribution in [3.8, 4) is 0 Å². The summed E-state index contributed by atoms with van der Waals surface area (Å²) in [5.74, 6) is 0.128. The summed E-state index contributed by atoms with van der Waals surface area (Å²) < 4.78 is 44.0. The van der Waals surface area contributed by atoms with Gasteiger partial charge in [-0.25, -0.2) is 4.98 Å². The van der Waals surface area contributed by atoms with E-state index in [2.05, 4.69) is 15.3 Å². The number of fused-ring (bicyclic) bond motifs is 1. The van der Waals surface area contributed by atoms with E-state index in [0.717, 1.165) is 41.8 Å². The van der Waals surface area contributed by atoms with Gasteiger partial charge in [-0.05, 0) is 49.2 Å². The van der Waals surface area contributed by atoms with Gasteiger partial charge >= 0.3 is 6.18 Å². The average Bonchev–Trinajstić information content (AvgIpc) is 3.30. The van der Waals surface area contributed by atoms with Crippen LogP contribution in [0, 0.1) is 0 Å². The second kappa shape index (κ2) is 6.70. The molecule has 2 aromatic carbocycles. The minimum Gasteiger partial charge on any atom is -0.370 e. The fourth-order valence-corrected chi connectivity index (χ4v) is 3.09. The second-order valence-corrected chi connectivity index (χ2v) is 6.39. The Morgan fingerprint density at radius 3 is 2.81 bits per heavy atom. The van der Waals surface area contributed by atoms with Gasteiger partial charge in [0.1, 0.15) is 11.9 Å². The van der Waals surface area contributed by atoms with Crippen molar-refractivity contribution in [1.29, 1.82) is 0 Å². The van der Waals surface area contributed by atoms with Crippen molar-refractivity contribution in [2.75, 3.05) is 11.9 Å². The van der Waals surface area contributed by atoms with Crippen LogP contribution in [-0.4, -0.2) is 22.5 Å². The number of hydrogen-bond donors (Lipinski definition) is 2. The van der Waals surface area contributed by atoms with Gasteiger partial charge in [-0.15, -0.1) is 0 Å². The highest BCUT2D eigenvalue weighted by atomic mass is 19.4. The topological polar surface area (TPSA) is 67.0 Å². The van der Waals surface area contributed by atoms with Crippen molar-refractivity contribution in [3.05, 3.63) is 59.4 Å². The molecule has 4 rings (SSSR count). The van der Waals surface area contributed by atoms with Crippen LogP contribution in [0.5, 0.6) is 0 Å². The molecule has 140 valence electrons. The maximum atomic E-state index is 12.8. The maximum Gasteiger partial charge on any atom is 0.416 e. The molecule has 1 amide bonds. The van der Waals surface area contributed by atoms with Crippen LogP contribution >= 0.6 is 0 Å². The number of imidazole rings is 1. The third-order valence-electron chi connectivity index (χ3n) is 4.44. The van der Waals surface area contributed by atoms with Crippen LogP contribution in [0.1, 0.15) is 40.7 Å². The van der Waals surface area contributed by atoms with Crippen LogP contribution in [0.2, 0.25) is 0 Å². The largest absolute Gasteiger partial charge is 0.416 e. The Balaban J connectivity index is 1.55. The van der Waals surface area contributed by atoms with E-state index in [9.17, 15) is 18.0 Å². The lowest BCUT2D eigenvalue weighted by Crippen LogP contribution is -2.13. The number of amides is 1. The Hall–Kier alpha value is -2.87. The van der Waals surface area contributed by atoms with Gasteiger partial charge in [0.05, 0.1) is 16.6 Å². The summed E-state index contributed by atoms with van der Waals surface area (Å²) in [5, 5.41) is 2.62. The number of ether oxygens (including phenoxy) is 1. The zero-order valence-corrected chi connectivity index (χ0v) is 14.1. The lowest BCUT2D eigenvalue weighted by Gasteiger charge is -2.09. The van der Waals surface area contributed by atoms with Crippen molar-refractivity contribution in [2.45, 2.75) is 25.1 Å². The Morgan fingerprint density at radius 2 is 2.07 bits per heavy atom. The number of carbonyl (C=O) groups is 1. The molecule has 2 heterocycles. The molecule has 1 aliphatic heterocycles. The third kappa shape index (κ3) is 3.66. The van der Waals surface area contributed by atoms with E-state index in [1.54, 1.807) is 18.2 Å². The highest BCUT2D eigenvalue weighted by Gasteiger charge is 2.31. The van der Waals surface area contributed by atoms with Gasteiger partial charge in [0.2, 0.25) is 0 Å². The van der Waals surface area contributed by atoms with Gasteiger partial charge in [0.25, 0.3) is 5.91 Å². The summed E-state index contributed by atoms with van der Waals surface area (Å²) in [6, 6.07) is 9.42. The van der Waals surface area contributed by atoms with Crippen molar-refractivity contribution in [2.24, 2.45) is 0 Å². The van der Waals surface area contributed by atoms with Crippen LogP contribution in [-0.2, 0) is 10.9 Å². The van der Waals surface area contributed by atoms with E-state index in [-0.39, 0.29) is 11.7 Å². The minimum absolute atomic E-state index is 0.0550. The highest BCUT2D eigenvalue weighted by Crippen LogP contribution is 2.30. The van der Waals surface area contributed by atoms with E-state index in [1.807, 2.05) is 0 Å². The average molecular weight is 375 g/mol. The van der Waals surface area contributed by atoms with Crippen molar-refractivity contribution >= 4 is 22.6 Å². The summed E-state index contributed by atoms with van der Waals surface area (Å²) in [6.07, 6.45) is -2.66. The van der Waals surface area contributed by atoms with Crippen LogP contribution in [0.3, 0.4) is 0 Å². The molecule has 1 saturated heterocycles. The van der Waals surface area contributed by atoms with Crippen LogP contribution in [0.4, 0.5) is 18.9 Å². The molecule has 1 atom stereocenters. The molecular weight excluding hydrogens is 359 g/mol. The molecular formula is C19H16F3N3O2. The lowest BCUT2D eigenvalue weighted by molar-refractivity contribution is -0.137. The van der Waals surface area contributed by atoms with Gasteiger partial charge in [0.15, 0.2) is 0 Å². The molecule has 1 unspecified atom stereocenters. The first-order valence-corrected chi connectivity index (χ1v) is 8.50. The fourth-order valence-electron chi connectivity index (χ4n) is 3.09. The summed E-state index contributed by atoms with van der Waals surface area (Å²) >= 11 is 0. The minimum atomic E-state index is -4.50. The van der Waals surface area contributed by atoms with Gasteiger partial charge < -0.3 is 15.0 Å². The van der Waals surface area contributed by atoms with Crippen molar-refractivity contribution in [1.82, 2.24) is 9.97 Å². The van der Waals surface area contributed by atoms with Gasteiger partial charge in [-0.1, -0.05) is 6.07 Å². The number of aromatic amines is 1. The summed E-state index contributed by atoms with van der Waals surface area (Å²) in [7, 11) is 0. The van der Waals surface area contributed by atoms with E-state index in [1.165, 1.54) is 12.1 Å². The molecule has 3 aromatic rings. The quantitative estimate of drug-likeness (QED) is 0.698. The smallest absolute Gasteiger partial charge is 0.370 e. The normalized spacial score (nSPS) is 17.4. The molecule has 0 radical (unpaired) electrons. The van der Waals surface area contributed by atoms with Crippen LogP contribution in [0.15, 0.2) is 42.5 Å². The Kier molecular flexibility index (Phi) is 4.35. The number of nitrogens with zero attached hydrogens (tertiary/aromatic N) is 1. The molecule has 27 heavy (non-hydrogen) atoms. The van der Waals surface area contributed by atoms with E-state index >= 15 is 0 Å². The Bertz CT molecular complexity index is 991. The number of anilines is 1. The number of benzene rings is 2. The van der Waals surface area contributed by atoms with Gasteiger partial charge in [0, 0.05) is 17.9 Å². The van der Waals surface area contributed by atoms with E-state index in [4.69, 9.17) is 4.74 Å². The first-order valence-electron chi connectivity index (χ1n) is 8.50. The van der Waals surface area contributed by atoms with Crippen molar-refractivity contribution in [3.63, 3.8) is 0 Å². The monoisotopic (exact) mass is 375 g/mol. The maximum absolute atomic E-state index is 12.8. The molecule has 1 aromatic heterocycles.